The van der Waals surface area contributed by atoms with Gasteiger partial charge in [-0.15, -0.1) is 0 Å². The van der Waals surface area contributed by atoms with Crippen molar-refractivity contribution < 1.29 is 0 Å². The van der Waals surface area contributed by atoms with E-state index in [4.69, 9.17) is 0 Å². The standard InChI is InChI=1S/C16H11BBr2N2/c18-12-8-7-11(9-13(12)19)17-20-14-5-1-3-10-4-2-6-15(21-17)16(10)14/h1-9,20-21H. The van der Waals surface area contributed by atoms with E-state index in [0.29, 0.717) is 0 Å². The van der Waals surface area contributed by atoms with E-state index in [9.17, 15) is 0 Å². The number of nitrogens with one attached hydrogen (secondary N) is 2. The fourth-order valence-electron chi connectivity index (χ4n) is 2.79. The summed E-state index contributed by atoms with van der Waals surface area (Å²) in [5.74, 6) is 0. The highest BCUT2D eigenvalue weighted by Gasteiger charge is 2.25. The van der Waals surface area contributed by atoms with Gasteiger partial charge in [0.05, 0.1) is 0 Å². The lowest BCUT2D eigenvalue weighted by Gasteiger charge is -2.27. The number of rotatable bonds is 1. The Bertz CT molecular complexity index is 810. The van der Waals surface area contributed by atoms with Crippen LogP contribution < -0.4 is 15.9 Å². The van der Waals surface area contributed by atoms with Gasteiger partial charge in [-0.05, 0) is 67.0 Å². The number of hydrogen-bond donors (Lipinski definition) is 2. The second-order valence-corrected chi connectivity index (χ2v) is 6.81. The Morgan fingerprint density at radius 2 is 1.43 bits per heavy atom. The highest BCUT2D eigenvalue weighted by Crippen LogP contribution is 2.34. The summed E-state index contributed by atoms with van der Waals surface area (Å²) in [6, 6.07) is 19.0. The van der Waals surface area contributed by atoms with Crippen molar-refractivity contribution in [3.8, 4) is 0 Å². The van der Waals surface area contributed by atoms with Crippen LogP contribution in [0.5, 0.6) is 0 Å². The molecule has 3 aromatic carbocycles. The van der Waals surface area contributed by atoms with Crippen LogP contribution in [0, 0.1) is 0 Å². The number of hydrogen-bond acceptors (Lipinski definition) is 2. The van der Waals surface area contributed by atoms with Crippen molar-refractivity contribution in [1.29, 1.82) is 0 Å². The number of benzene rings is 3. The van der Waals surface area contributed by atoms with Crippen molar-refractivity contribution in [3.63, 3.8) is 0 Å². The molecule has 2 nitrogen and oxygen atoms in total. The van der Waals surface area contributed by atoms with Crippen LogP contribution in [0.3, 0.4) is 0 Å². The zero-order valence-electron chi connectivity index (χ0n) is 11.0. The van der Waals surface area contributed by atoms with Gasteiger partial charge >= 0.3 is 6.98 Å². The first kappa shape index (κ1) is 13.2. The van der Waals surface area contributed by atoms with Gasteiger partial charge in [0.15, 0.2) is 0 Å². The molecule has 0 saturated heterocycles. The van der Waals surface area contributed by atoms with Crippen LogP contribution in [0.4, 0.5) is 11.4 Å². The van der Waals surface area contributed by atoms with Gasteiger partial charge in [-0.3, -0.25) is 0 Å². The van der Waals surface area contributed by atoms with Gasteiger partial charge in [-0.1, -0.05) is 30.3 Å². The zero-order chi connectivity index (χ0) is 14.4. The van der Waals surface area contributed by atoms with Crippen molar-refractivity contribution in [2.75, 3.05) is 10.5 Å². The summed E-state index contributed by atoms with van der Waals surface area (Å²) in [5, 5.41) is 9.66. The molecule has 5 heteroatoms. The van der Waals surface area contributed by atoms with Gasteiger partial charge in [-0.25, -0.2) is 0 Å². The number of anilines is 2. The highest BCUT2D eigenvalue weighted by molar-refractivity contribution is 9.13. The fraction of sp³-hybridized carbons (Fsp3) is 0. The molecule has 21 heavy (non-hydrogen) atoms. The molecule has 0 aromatic heterocycles. The first-order valence-electron chi connectivity index (χ1n) is 6.72. The van der Waals surface area contributed by atoms with Crippen molar-refractivity contribution in [3.05, 3.63) is 63.5 Å². The smallest absolute Gasteiger partial charge is 0.405 e. The second-order valence-electron chi connectivity index (χ2n) is 5.10. The molecule has 0 amide bonds. The summed E-state index contributed by atoms with van der Waals surface area (Å²) >= 11 is 7.09. The third-order valence-corrected chi connectivity index (χ3v) is 5.66. The molecule has 1 aliphatic heterocycles. The maximum atomic E-state index is 3.58. The molecule has 0 unspecified atom stereocenters. The molecule has 0 radical (unpaired) electrons. The topological polar surface area (TPSA) is 24.1 Å². The molecule has 2 N–H and O–H groups in total. The molecule has 1 aliphatic rings. The minimum absolute atomic E-state index is 0.0647. The van der Waals surface area contributed by atoms with Gasteiger partial charge in [0.25, 0.3) is 0 Å². The third kappa shape index (κ3) is 2.25. The minimum atomic E-state index is 0.0647. The van der Waals surface area contributed by atoms with Crippen molar-refractivity contribution >= 4 is 66.5 Å². The van der Waals surface area contributed by atoms with Crippen LogP contribution in [0.2, 0.25) is 0 Å². The summed E-state index contributed by atoms with van der Waals surface area (Å²) in [6.07, 6.45) is 0. The van der Waals surface area contributed by atoms with Crippen molar-refractivity contribution in [2.45, 2.75) is 0 Å². The third-order valence-electron chi connectivity index (χ3n) is 3.78. The van der Waals surface area contributed by atoms with E-state index in [1.54, 1.807) is 0 Å². The molecule has 0 aliphatic carbocycles. The van der Waals surface area contributed by atoms with Crippen LogP contribution in [0.1, 0.15) is 0 Å². The van der Waals surface area contributed by atoms with E-state index in [1.165, 1.54) is 27.6 Å². The Balaban J connectivity index is 1.81. The lowest BCUT2D eigenvalue weighted by atomic mass is 9.66. The van der Waals surface area contributed by atoms with Crippen LogP contribution in [-0.2, 0) is 0 Å². The molecule has 0 fully saturated rings. The SMILES string of the molecule is Brc1ccc(B2Nc3cccc4cccc(c34)N2)cc1Br. The highest BCUT2D eigenvalue weighted by atomic mass is 79.9. The van der Waals surface area contributed by atoms with E-state index >= 15 is 0 Å². The first-order chi connectivity index (χ1) is 10.2. The summed E-state index contributed by atoms with van der Waals surface area (Å²) < 4.78 is 2.12. The molecule has 0 bridgehead atoms. The molecular weight excluding hydrogens is 391 g/mol. The van der Waals surface area contributed by atoms with E-state index in [2.05, 4.69) is 96.9 Å². The summed E-state index contributed by atoms with van der Waals surface area (Å²) in [4.78, 5) is 0. The summed E-state index contributed by atoms with van der Waals surface area (Å²) in [7, 11) is 0. The molecule has 4 rings (SSSR count). The quantitative estimate of drug-likeness (QED) is 0.582. The zero-order valence-corrected chi connectivity index (χ0v) is 14.2. The molecule has 102 valence electrons. The predicted octanol–water partition coefficient (Wildman–Crippen LogP) is 4.60. The van der Waals surface area contributed by atoms with E-state index in [0.717, 1.165) is 8.95 Å². The van der Waals surface area contributed by atoms with Gasteiger partial charge < -0.3 is 10.5 Å². The summed E-state index contributed by atoms with van der Waals surface area (Å²) in [5.41, 5.74) is 3.54. The maximum Gasteiger partial charge on any atom is 0.406 e. The Morgan fingerprint density at radius 1 is 0.762 bits per heavy atom. The maximum absolute atomic E-state index is 3.58. The van der Waals surface area contributed by atoms with Gasteiger partial charge in [0.1, 0.15) is 0 Å². The molecule has 0 spiro atoms. The van der Waals surface area contributed by atoms with E-state index < -0.39 is 0 Å². The van der Waals surface area contributed by atoms with Gasteiger partial charge in [0, 0.05) is 25.7 Å². The largest absolute Gasteiger partial charge is 0.406 e. The van der Waals surface area contributed by atoms with Crippen molar-refractivity contribution in [1.82, 2.24) is 0 Å². The summed E-state index contributed by atoms with van der Waals surface area (Å²) in [6.45, 7) is 0.0647. The first-order valence-corrected chi connectivity index (χ1v) is 8.31. The molecule has 1 heterocycles. The predicted molar refractivity (Wildman–Crippen MR) is 98.4 cm³/mol. The molecule has 0 saturated carbocycles. The number of halogens is 2. The normalized spacial score (nSPS) is 13.0. The van der Waals surface area contributed by atoms with Crippen LogP contribution >= 0.6 is 31.9 Å². The average Bonchev–Trinajstić information content (AvgIpc) is 2.50. The Hall–Kier alpha value is -1.46. The Labute approximate surface area is 140 Å². The lowest BCUT2D eigenvalue weighted by molar-refractivity contribution is 1.57. The lowest BCUT2D eigenvalue weighted by Crippen LogP contribution is -2.47. The average molecular weight is 402 g/mol. The molecule has 3 aromatic rings. The van der Waals surface area contributed by atoms with Gasteiger partial charge in [-0.2, -0.15) is 0 Å². The monoisotopic (exact) mass is 400 g/mol. The van der Waals surface area contributed by atoms with Crippen molar-refractivity contribution in [2.24, 2.45) is 0 Å². The van der Waals surface area contributed by atoms with Crippen LogP contribution in [0.15, 0.2) is 63.5 Å². The fourth-order valence-corrected chi connectivity index (χ4v) is 3.43. The molecule has 0 atom stereocenters. The van der Waals surface area contributed by atoms with E-state index in [1.807, 2.05) is 0 Å². The Morgan fingerprint density at radius 3 is 2.05 bits per heavy atom. The molecular formula is C16H11BBr2N2. The van der Waals surface area contributed by atoms with Gasteiger partial charge in [0.2, 0.25) is 0 Å². The van der Waals surface area contributed by atoms with Crippen LogP contribution in [-0.4, -0.2) is 6.98 Å². The Kier molecular flexibility index (Phi) is 3.19. The minimum Gasteiger partial charge on any atom is -0.405 e. The second kappa shape index (κ2) is 5.07. The van der Waals surface area contributed by atoms with Crippen LogP contribution in [0.25, 0.3) is 10.8 Å². The van der Waals surface area contributed by atoms with E-state index in [-0.39, 0.29) is 6.98 Å².